The zero-order valence-corrected chi connectivity index (χ0v) is 9.53. The largest absolute Gasteiger partial charge is 0.479 e. The normalized spacial score (nSPS) is 14.4. The number of carboxylic acids is 1. The monoisotopic (exact) mass is 223 g/mol. The first-order chi connectivity index (χ1) is 7.42. The van der Waals surface area contributed by atoms with Crippen molar-refractivity contribution in [2.75, 3.05) is 6.54 Å². The van der Waals surface area contributed by atoms with Crippen molar-refractivity contribution >= 4 is 5.97 Å². The van der Waals surface area contributed by atoms with E-state index >= 15 is 0 Å². The van der Waals surface area contributed by atoms with E-state index in [1.165, 1.54) is 6.92 Å². The van der Waals surface area contributed by atoms with E-state index in [4.69, 9.17) is 5.11 Å². The molecular formula is C12H17NO3. The van der Waals surface area contributed by atoms with Crippen LogP contribution in [0.2, 0.25) is 0 Å². The predicted octanol–water partition coefficient (Wildman–Crippen LogP) is 0.920. The molecule has 0 aliphatic rings. The summed E-state index contributed by atoms with van der Waals surface area (Å²) < 4.78 is 0. The number of aliphatic carboxylic acids is 1. The molecule has 3 N–H and O–H groups in total. The fraction of sp³-hybridized carbons (Fsp3) is 0.417. The smallest absolute Gasteiger partial charge is 0.336 e. The number of hydrogen-bond donors (Lipinski definition) is 3. The molecule has 16 heavy (non-hydrogen) atoms. The van der Waals surface area contributed by atoms with Crippen molar-refractivity contribution in [3.8, 4) is 0 Å². The molecule has 0 amide bonds. The summed E-state index contributed by atoms with van der Waals surface area (Å²) in [7, 11) is 0. The number of aliphatic hydroxyl groups is 1. The van der Waals surface area contributed by atoms with Gasteiger partial charge in [0.1, 0.15) is 0 Å². The predicted molar refractivity (Wildman–Crippen MR) is 61.1 cm³/mol. The lowest BCUT2D eigenvalue weighted by atomic mass is 10.1. The first kappa shape index (κ1) is 12.7. The van der Waals surface area contributed by atoms with Crippen molar-refractivity contribution in [2.24, 2.45) is 0 Å². The Morgan fingerprint density at radius 1 is 1.50 bits per heavy atom. The number of rotatable bonds is 5. The summed E-state index contributed by atoms with van der Waals surface area (Å²) in [5.41, 5.74) is 0.509. The Bertz CT molecular complexity index is 374. The van der Waals surface area contributed by atoms with Crippen LogP contribution in [0.25, 0.3) is 0 Å². The van der Waals surface area contributed by atoms with Crippen LogP contribution in [0.1, 0.15) is 18.1 Å². The highest BCUT2D eigenvalue weighted by Gasteiger charge is 2.28. The van der Waals surface area contributed by atoms with Crippen LogP contribution in [0, 0.1) is 6.92 Å². The lowest BCUT2D eigenvalue weighted by Gasteiger charge is -2.18. The minimum Gasteiger partial charge on any atom is -0.479 e. The molecule has 0 aromatic heterocycles. The number of nitrogens with one attached hydrogen (secondary N) is 1. The van der Waals surface area contributed by atoms with Crippen molar-refractivity contribution in [1.82, 2.24) is 5.32 Å². The summed E-state index contributed by atoms with van der Waals surface area (Å²) in [4.78, 5) is 10.6. The molecule has 0 heterocycles. The van der Waals surface area contributed by atoms with Gasteiger partial charge < -0.3 is 15.5 Å². The van der Waals surface area contributed by atoms with Crippen LogP contribution < -0.4 is 5.32 Å². The van der Waals surface area contributed by atoms with Gasteiger partial charge >= 0.3 is 5.97 Å². The van der Waals surface area contributed by atoms with Crippen LogP contribution in [0.15, 0.2) is 24.3 Å². The Morgan fingerprint density at radius 2 is 2.19 bits per heavy atom. The van der Waals surface area contributed by atoms with Crippen LogP contribution in [-0.4, -0.2) is 28.3 Å². The molecule has 1 unspecified atom stereocenters. The molecular weight excluding hydrogens is 206 g/mol. The molecule has 0 spiro atoms. The van der Waals surface area contributed by atoms with Gasteiger partial charge in [-0.1, -0.05) is 29.8 Å². The lowest BCUT2D eigenvalue weighted by Crippen LogP contribution is -2.44. The van der Waals surface area contributed by atoms with E-state index in [9.17, 15) is 9.90 Å². The molecule has 0 bridgehead atoms. The fourth-order valence-electron chi connectivity index (χ4n) is 1.35. The average Bonchev–Trinajstić information content (AvgIpc) is 2.17. The van der Waals surface area contributed by atoms with Crippen LogP contribution in [0.3, 0.4) is 0 Å². The van der Waals surface area contributed by atoms with Crippen molar-refractivity contribution in [3.05, 3.63) is 35.4 Å². The fourth-order valence-corrected chi connectivity index (χ4v) is 1.35. The molecule has 88 valence electrons. The number of benzene rings is 1. The lowest BCUT2D eigenvalue weighted by molar-refractivity contribution is -0.156. The minimum atomic E-state index is -1.72. The third kappa shape index (κ3) is 3.64. The van der Waals surface area contributed by atoms with E-state index in [1.807, 2.05) is 31.2 Å². The van der Waals surface area contributed by atoms with Gasteiger partial charge in [0, 0.05) is 13.1 Å². The maximum Gasteiger partial charge on any atom is 0.336 e. The van der Waals surface area contributed by atoms with Gasteiger partial charge in [-0.15, -0.1) is 0 Å². The van der Waals surface area contributed by atoms with E-state index in [0.717, 1.165) is 11.1 Å². The van der Waals surface area contributed by atoms with E-state index in [-0.39, 0.29) is 6.54 Å². The Morgan fingerprint density at radius 3 is 2.75 bits per heavy atom. The third-order valence-corrected chi connectivity index (χ3v) is 2.34. The van der Waals surface area contributed by atoms with Gasteiger partial charge in [0.15, 0.2) is 5.60 Å². The van der Waals surface area contributed by atoms with Crippen LogP contribution >= 0.6 is 0 Å². The van der Waals surface area contributed by atoms with Crippen molar-refractivity contribution in [1.29, 1.82) is 0 Å². The van der Waals surface area contributed by atoms with Crippen molar-refractivity contribution < 1.29 is 15.0 Å². The van der Waals surface area contributed by atoms with E-state index in [1.54, 1.807) is 0 Å². The molecule has 1 rings (SSSR count). The Kier molecular flexibility index (Phi) is 4.04. The maximum atomic E-state index is 10.6. The second-order valence-corrected chi connectivity index (χ2v) is 4.17. The standard InChI is InChI=1S/C12H17NO3/c1-9-4-3-5-10(6-9)7-13-8-12(2,16)11(14)15/h3-6,13,16H,7-8H2,1-2H3,(H,14,15). The molecule has 0 aliphatic carbocycles. The average molecular weight is 223 g/mol. The van der Waals surface area contributed by atoms with Gasteiger partial charge in [-0.05, 0) is 19.4 Å². The molecule has 0 aliphatic heterocycles. The highest BCUT2D eigenvalue weighted by Crippen LogP contribution is 2.05. The number of carbonyl (C=O) groups is 1. The highest BCUT2D eigenvalue weighted by molar-refractivity contribution is 5.76. The van der Waals surface area contributed by atoms with E-state index in [0.29, 0.717) is 6.54 Å². The first-order valence-electron chi connectivity index (χ1n) is 5.14. The molecule has 0 saturated carbocycles. The molecule has 4 nitrogen and oxygen atoms in total. The van der Waals surface area contributed by atoms with E-state index in [2.05, 4.69) is 5.32 Å². The van der Waals surface area contributed by atoms with Gasteiger partial charge in [0.2, 0.25) is 0 Å². The van der Waals surface area contributed by atoms with E-state index < -0.39 is 11.6 Å². The van der Waals surface area contributed by atoms with Crippen LogP contribution in [-0.2, 0) is 11.3 Å². The SMILES string of the molecule is Cc1cccc(CNCC(C)(O)C(=O)O)c1. The zero-order valence-electron chi connectivity index (χ0n) is 9.53. The zero-order chi connectivity index (χ0) is 12.2. The molecule has 0 fully saturated rings. The summed E-state index contributed by atoms with van der Waals surface area (Å²) in [6.45, 7) is 3.84. The van der Waals surface area contributed by atoms with Gasteiger partial charge in [0.25, 0.3) is 0 Å². The minimum absolute atomic E-state index is 0.0241. The summed E-state index contributed by atoms with van der Waals surface area (Å²) in [6.07, 6.45) is 0. The first-order valence-corrected chi connectivity index (χ1v) is 5.14. The molecule has 1 aromatic rings. The Balaban J connectivity index is 2.45. The topological polar surface area (TPSA) is 69.6 Å². The summed E-state index contributed by atoms with van der Waals surface area (Å²) in [5, 5.41) is 21.1. The second-order valence-electron chi connectivity index (χ2n) is 4.17. The van der Waals surface area contributed by atoms with Crippen molar-refractivity contribution in [2.45, 2.75) is 26.0 Å². The van der Waals surface area contributed by atoms with Gasteiger partial charge in [0.05, 0.1) is 0 Å². The van der Waals surface area contributed by atoms with Crippen LogP contribution in [0.5, 0.6) is 0 Å². The summed E-state index contributed by atoms with van der Waals surface area (Å²) in [6, 6.07) is 7.91. The van der Waals surface area contributed by atoms with Gasteiger partial charge in [-0.25, -0.2) is 4.79 Å². The van der Waals surface area contributed by atoms with Gasteiger partial charge in [-0.2, -0.15) is 0 Å². The Labute approximate surface area is 94.9 Å². The molecule has 4 heteroatoms. The number of carboxylic acid groups (broad SMARTS) is 1. The summed E-state index contributed by atoms with van der Waals surface area (Å²) >= 11 is 0. The summed E-state index contributed by atoms with van der Waals surface area (Å²) in [5.74, 6) is -1.22. The molecule has 1 atom stereocenters. The number of hydrogen-bond acceptors (Lipinski definition) is 3. The van der Waals surface area contributed by atoms with Crippen molar-refractivity contribution in [3.63, 3.8) is 0 Å². The number of aryl methyl sites for hydroxylation is 1. The Hall–Kier alpha value is -1.39. The maximum absolute atomic E-state index is 10.6. The third-order valence-electron chi connectivity index (χ3n) is 2.34. The van der Waals surface area contributed by atoms with Gasteiger partial charge in [-0.3, -0.25) is 0 Å². The molecule has 1 aromatic carbocycles. The van der Waals surface area contributed by atoms with Crippen LogP contribution in [0.4, 0.5) is 0 Å². The second kappa shape index (κ2) is 5.09. The highest BCUT2D eigenvalue weighted by atomic mass is 16.4. The molecule has 0 saturated heterocycles. The quantitative estimate of drug-likeness (QED) is 0.694. The molecule has 0 radical (unpaired) electrons.